The average molecular weight is 438 g/mol. The van der Waals surface area contributed by atoms with Crippen LogP contribution in [0.15, 0.2) is 89.3 Å². The van der Waals surface area contributed by atoms with Gasteiger partial charge in [-0.25, -0.2) is 4.98 Å². The van der Waals surface area contributed by atoms with Crippen LogP contribution in [0.25, 0.3) is 22.6 Å². The van der Waals surface area contributed by atoms with Gasteiger partial charge in [0.25, 0.3) is 0 Å². The van der Waals surface area contributed by atoms with Crippen molar-refractivity contribution < 1.29 is 13.9 Å². The highest BCUT2D eigenvalue weighted by Crippen LogP contribution is 2.43. The van der Waals surface area contributed by atoms with Crippen LogP contribution in [-0.2, 0) is 11.2 Å². The van der Waals surface area contributed by atoms with Gasteiger partial charge in [-0.15, -0.1) is 0 Å². The molecule has 1 aliphatic carbocycles. The number of carbonyl (C=O) groups excluding carboxylic acids is 1. The third-order valence-electron chi connectivity index (χ3n) is 6.40. The fraction of sp³-hybridized carbons (Fsp3) is 0.241. The van der Waals surface area contributed by atoms with Crippen molar-refractivity contribution in [3.8, 4) is 28.3 Å². The van der Waals surface area contributed by atoms with E-state index in [2.05, 4.69) is 30.3 Å². The minimum atomic E-state index is -0.295. The number of esters is 1. The van der Waals surface area contributed by atoms with Crippen molar-refractivity contribution in [1.82, 2.24) is 4.98 Å². The van der Waals surface area contributed by atoms with E-state index in [0.717, 1.165) is 47.7 Å². The summed E-state index contributed by atoms with van der Waals surface area (Å²) in [6.07, 6.45) is 4.21. The smallest absolute Gasteiger partial charge is 0.308 e. The Bertz CT molecular complexity index is 1170. The number of ether oxygens (including phenoxy) is 1. The fourth-order valence-electron chi connectivity index (χ4n) is 4.95. The van der Waals surface area contributed by atoms with Gasteiger partial charge in [0.15, 0.2) is 11.7 Å². The Kier molecular flexibility index (Phi) is 6.07. The first-order chi connectivity index (χ1) is 16.2. The molecule has 1 saturated carbocycles. The normalized spacial score (nSPS) is 17.7. The van der Waals surface area contributed by atoms with Crippen molar-refractivity contribution in [2.45, 2.75) is 38.5 Å². The lowest BCUT2D eigenvalue weighted by molar-refractivity contribution is -0.131. The summed E-state index contributed by atoms with van der Waals surface area (Å²) in [6.45, 7) is 1.43. The zero-order valence-electron chi connectivity index (χ0n) is 18.7. The van der Waals surface area contributed by atoms with Crippen molar-refractivity contribution in [2.75, 3.05) is 0 Å². The predicted octanol–water partition coefficient (Wildman–Crippen LogP) is 7.06. The third kappa shape index (κ3) is 4.75. The van der Waals surface area contributed by atoms with Crippen LogP contribution in [-0.4, -0.2) is 11.0 Å². The molecule has 1 fully saturated rings. The van der Waals surface area contributed by atoms with Gasteiger partial charge in [-0.2, -0.15) is 0 Å². The average Bonchev–Trinajstić information content (AvgIpc) is 3.47. The van der Waals surface area contributed by atoms with Crippen LogP contribution in [0.3, 0.4) is 0 Å². The molecule has 0 radical (unpaired) electrons. The van der Waals surface area contributed by atoms with Crippen molar-refractivity contribution >= 4 is 5.97 Å². The van der Waals surface area contributed by atoms with Gasteiger partial charge in [-0.05, 0) is 42.4 Å². The molecule has 4 nitrogen and oxygen atoms in total. The first-order valence-electron chi connectivity index (χ1n) is 11.6. The van der Waals surface area contributed by atoms with Crippen LogP contribution >= 0.6 is 0 Å². The van der Waals surface area contributed by atoms with E-state index in [9.17, 15) is 4.79 Å². The van der Waals surface area contributed by atoms with Crippen molar-refractivity contribution in [3.63, 3.8) is 0 Å². The second-order valence-electron chi connectivity index (χ2n) is 8.69. The molecule has 1 heterocycles. The SMILES string of the molecule is CC(=O)Oc1cccc(C2CCCC2Cc2nc(-c3ccccc3)c(-c3ccccc3)o2)c1. The maximum Gasteiger partial charge on any atom is 0.308 e. The quantitative estimate of drug-likeness (QED) is 0.239. The summed E-state index contributed by atoms with van der Waals surface area (Å²) < 4.78 is 11.7. The molecule has 1 aromatic heterocycles. The zero-order chi connectivity index (χ0) is 22.6. The first kappa shape index (κ1) is 21.2. The molecule has 1 aliphatic rings. The number of benzene rings is 3. The van der Waals surface area contributed by atoms with Crippen molar-refractivity contribution in [1.29, 1.82) is 0 Å². The van der Waals surface area contributed by atoms with E-state index in [1.165, 1.54) is 18.9 Å². The van der Waals surface area contributed by atoms with Crippen LogP contribution in [0.5, 0.6) is 5.75 Å². The van der Waals surface area contributed by atoms with Crippen molar-refractivity contribution in [2.24, 2.45) is 5.92 Å². The monoisotopic (exact) mass is 437 g/mol. The lowest BCUT2D eigenvalue weighted by Gasteiger charge is -2.19. The molecule has 0 spiro atoms. The number of hydrogen-bond donors (Lipinski definition) is 0. The van der Waals surface area contributed by atoms with E-state index < -0.39 is 0 Å². The van der Waals surface area contributed by atoms with E-state index in [1.807, 2.05) is 54.6 Å². The largest absolute Gasteiger partial charge is 0.440 e. The summed E-state index contributed by atoms with van der Waals surface area (Å²) in [5.41, 5.74) is 4.20. The van der Waals surface area contributed by atoms with Crippen LogP contribution < -0.4 is 4.74 Å². The number of hydrogen-bond acceptors (Lipinski definition) is 4. The Labute approximate surface area is 194 Å². The minimum Gasteiger partial charge on any atom is -0.440 e. The van der Waals surface area contributed by atoms with E-state index in [-0.39, 0.29) is 5.97 Å². The van der Waals surface area contributed by atoms with Gasteiger partial charge in [0.1, 0.15) is 11.4 Å². The van der Waals surface area contributed by atoms with E-state index in [4.69, 9.17) is 14.1 Å². The minimum absolute atomic E-state index is 0.295. The third-order valence-corrected chi connectivity index (χ3v) is 6.40. The number of oxazole rings is 1. The molecule has 0 saturated heterocycles. The topological polar surface area (TPSA) is 52.3 Å². The standard InChI is InChI=1S/C29H27NO3/c1-20(31)32-25-16-8-14-23(18-25)26-17-9-15-24(26)19-27-30-28(21-10-4-2-5-11-21)29(33-27)22-12-6-3-7-13-22/h2-8,10-14,16,18,24,26H,9,15,17,19H2,1H3. The van der Waals surface area contributed by atoms with E-state index in [0.29, 0.717) is 17.6 Å². The Morgan fingerprint density at radius 3 is 2.39 bits per heavy atom. The number of nitrogens with zero attached hydrogens (tertiary/aromatic N) is 1. The Balaban J connectivity index is 1.44. The van der Waals surface area contributed by atoms with Crippen LogP contribution in [0.1, 0.15) is 43.6 Å². The Morgan fingerprint density at radius 1 is 0.939 bits per heavy atom. The predicted molar refractivity (Wildman–Crippen MR) is 129 cm³/mol. The zero-order valence-corrected chi connectivity index (χ0v) is 18.7. The molecule has 4 aromatic rings. The summed E-state index contributed by atoms with van der Waals surface area (Å²) >= 11 is 0. The van der Waals surface area contributed by atoms with Crippen LogP contribution in [0.4, 0.5) is 0 Å². The van der Waals surface area contributed by atoms with E-state index >= 15 is 0 Å². The molecular formula is C29H27NO3. The fourth-order valence-corrected chi connectivity index (χ4v) is 4.95. The molecule has 0 aliphatic heterocycles. The Morgan fingerprint density at radius 2 is 1.67 bits per heavy atom. The second kappa shape index (κ2) is 9.45. The lowest BCUT2D eigenvalue weighted by Crippen LogP contribution is -2.10. The number of carbonyl (C=O) groups is 1. The van der Waals surface area contributed by atoms with Gasteiger partial charge in [-0.3, -0.25) is 4.79 Å². The molecule has 5 rings (SSSR count). The molecule has 4 heteroatoms. The summed E-state index contributed by atoms with van der Waals surface area (Å²) in [6, 6.07) is 28.4. The maximum absolute atomic E-state index is 11.4. The molecule has 2 unspecified atom stereocenters. The second-order valence-corrected chi connectivity index (χ2v) is 8.69. The van der Waals surface area contributed by atoms with Crippen LogP contribution in [0.2, 0.25) is 0 Å². The van der Waals surface area contributed by atoms with Gasteiger partial charge in [0.2, 0.25) is 0 Å². The first-order valence-corrected chi connectivity index (χ1v) is 11.6. The maximum atomic E-state index is 11.4. The molecule has 166 valence electrons. The van der Waals surface area contributed by atoms with Crippen molar-refractivity contribution in [3.05, 3.63) is 96.4 Å². The Hall–Kier alpha value is -3.66. The molecule has 0 bridgehead atoms. The number of rotatable bonds is 6. The summed E-state index contributed by atoms with van der Waals surface area (Å²) in [5, 5.41) is 0. The molecule has 3 aromatic carbocycles. The van der Waals surface area contributed by atoms with Gasteiger partial charge in [0.05, 0.1) is 0 Å². The van der Waals surface area contributed by atoms with Gasteiger partial charge in [0, 0.05) is 24.5 Å². The highest BCUT2D eigenvalue weighted by Gasteiger charge is 2.31. The summed E-state index contributed by atoms with van der Waals surface area (Å²) in [7, 11) is 0. The van der Waals surface area contributed by atoms with E-state index in [1.54, 1.807) is 0 Å². The summed E-state index contributed by atoms with van der Waals surface area (Å²) in [5.74, 6) is 2.75. The highest BCUT2D eigenvalue weighted by atomic mass is 16.5. The van der Waals surface area contributed by atoms with Crippen LogP contribution in [0, 0.1) is 5.92 Å². The molecule has 0 N–H and O–H groups in total. The molecular weight excluding hydrogens is 410 g/mol. The number of aromatic nitrogens is 1. The molecule has 0 amide bonds. The lowest BCUT2D eigenvalue weighted by atomic mass is 9.86. The van der Waals surface area contributed by atoms with Gasteiger partial charge >= 0.3 is 5.97 Å². The highest BCUT2D eigenvalue weighted by molar-refractivity contribution is 5.76. The van der Waals surface area contributed by atoms with Gasteiger partial charge < -0.3 is 9.15 Å². The van der Waals surface area contributed by atoms with Gasteiger partial charge in [-0.1, -0.05) is 79.2 Å². The summed E-state index contributed by atoms with van der Waals surface area (Å²) in [4.78, 5) is 16.3. The molecule has 2 atom stereocenters. The molecule has 33 heavy (non-hydrogen) atoms.